The molecule has 0 saturated carbocycles. The van der Waals surface area contributed by atoms with Crippen LogP contribution in [-0.2, 0) is 11.8 Å². The van der Waals surface area contributed by atoms with Crippen molar-refractivity contribution >= 4 is 29.3 Å². The van der Waals surface area contributed by atoms with Crippen molar-refractivity contribution < 1.29 is 9.18 Å². The summed E-state index contributed by atoms with van der Waals surface area (Å²) in [4.78, 5) is 14.2. The molecule has 1 amide bonds. The first-order chi connectivity index (χ1) is 10.6. The zero-order chi connectivity index (χ0) is 15.7. The first kappa shape index (κ1) is 14.8. The highest BCUT2D eigenvalue weighted by molar-refractivity contribution is 8.00. The minimum Gasteiger partial charge on any atom is -0.368 e. The van der Waals surface area contributed by atoms with Crippen molar-refractivity contribution in [3.63, 3.8) is 0 Å². The van der Waals surface area contributed by atoms with Gasteiger partial charge in [0.2, 0.25) is 11.9 Å². The molecule has 0 bridgehead atoms. The third-order valence-electron chi connectivity index (χ3n) is 3.65. The molecule has 2 heterocycles. The molecule has 22 heavy (non-hydrogen) atoms. The fourth-order valence-corrected chi connectivity index (χ4v) is 3.52. The molecule has 3 rings (SSSR count). The molecule has 0 aliphatic carbocycles. The zero-order valence-corrected chi connectivity index (χ0v) is 12.9. The van der Waals surface area contributed by atoms with Gasteiger partial charge in [0.1, 0.15) is 5.82 Å². The molecule has 1 saturated heterocycles. The molecule has 1 unspecified atom stereocenters. The fourth-order valence-electron chi connectivity index (χ4n) is 2.42. The highest BCUT2D eigenvalue weighted by atomic mass is 32.2. The average molecular weight is 321 g/mol. The maximum Gasteiger partial charge on any atom is 0.240 e. The Morgan fingerprint density at radius 3 is 2.82 bits per heavy atom. The van der Waals surface area contributed by atoms with Crippen LogP contribution in [0.4, 0.5) is 16.0 Å². The molecule has 8 heteroatoms. The lowest BCUT2D eigenvalue weighted by molar-refractivity contribution is -0.119. The number of halogens is 1. The molecule has 116 valence electrons. The van der Waals surface area contributed by atoms with Crippen LogP contribution in [0.1, 0.15) is 12.8 Å². The number of benzene rings is 1. The number of hydrogen-bond donors (Lipinski definition) is 1. The first-order valence-corrected chi connectivity index (χ1v) is 7.83. The van der Waals surface area contributed by atoms with E-state index in [2.05, 4.69) is 10.2 Å². The van der Waals surface area contributed by atoms with Crippen LogP contribution >= 0.6 is 11.8 Å². The predicted molar refractivity (Wildman–Crippen MR) is 83.0 cm³/mol. The molecule has 1 aliphatic heterocycles. The first-order valence-electron chi connectivity index (χ1n) is 6.95. The zero-order valence-electron chi connectivity index (χ0n) is 12.1. The van der Waals surface area contributed by atoms with Gasteiger partial charge in [0.15, 0.2) is 5.16 Å². The van der Waals surface area contributed by atoms with Crippen molar-refractivity contribution in [2.24, 2.45) is 7.05 Å². The molecule has 1 atom stereocenters. The number of nitrogen functional groups attached to an aromatic ring is 1. The number of carbonyl (C=O) groups is 1. The second-order valence-electron chi connectivity index (χ2n) is 5.09. The third-order valence-corrected chi connectivity index (χ3v) is 4.94. The molecular formula is C14H16FN5OS. The summed E-state index contributed by atoms with van der Waals surface area (Å²) < 4.78 is 15.6. The second kappa shape index (κ2) is 5.96. The Kier molecular flexibility index (Phi) is 4.02. The Morgan fingerprint density at radius 1 is 1.36 bits per heavy atom. The molecule has 2 N–H and O–H groups in total. The molecule has 1 aliphatic rings. The van der Waals surface area contributed by atoms with Crippen LogP contribution in [0.2, 0.25) is 0 Å². The van der Waals surface area contributed by atoms with Gasteiger partial charge in [-0.1, -0.05) is 23.9 Å². The number of para-hydroxylation sites is 1. The molecule has 6 nitrogen and oxygen atoms in total. The minimum absolute atomic E-state index is 0.108. The van der Waals surface area contributed by atoms with Crippen LogP contribution in [0.25, 0.3) is 0 Å². The van der Waals surface area contributed by atoms with E-state index in [0.717, 1.165) is 12.8 Å². The number of nitrogens with zero attached hydrogens (tertiary/aromatic N) is 4. The third kappa shape index (κ3) is 2.66. The largest absolute Gasteiger partial charge is 0.368 e. The Morgan fingerprint density at radius 2 is 2.14 bits per heavy atom. The van der Waals surface area contributed by atoms with Crippen LogP contribution < -0.4 is 10.6 Å². The van der Waals surface area contributed by atoms with E-state index in [1.54, 1.807) is 29.8 Å². The number of hydrogen-bond acceptors (Lipinski definition) is 5. The van der Waals surface area contributed by atoms with Crippen molar-refractivity contribution in [3.05, 3.63) is 30.1 Å². The lowest BCUT2D eigenvalue weighted by Crippen LogP contribution is -2.43. The van der Waals surface area contributed by atoms with Gasteiger partial charge in [-0.3, -0.25) is 9.36 Å². The molecule has 0 radical (unpaired) electrons. The Bertz CT molecular complexity index is 704. The van der Waals surface area contributed by atoms with E-state index in [9.17, 15) is 9.18 Å². The highest BCUT2D eigenvalue weighted by Crippen LogP contribution is 2.32. The quantitative estimate of drug-likeness (QED) is 0.933. The number of amides is 1. The van der Waals surface area contributed by atoms with Gasteiger partial charge in [-0.25, -0.2) is 4.39 Å². The monoisotopic (exact) mass is 321 g/mol. The van der Waals surface area contributed by atoms with E-state index < -0.39 is 0 Å². The van der Waals surface area contributed by atoms with Gasteiger partial charge in [0.05, 0.1) is 10.9 Å². The maximum atomic E-state index is 13.9. The van der Waals surface area contributed by atoms with Gasteiger partial charge in [-0.2, -0.15) is 0 Å². The molecule has 0 spiro atoms. The lowest BCUT2D eigenvalue weighted by Gasteiger charge is -2.31. The summed E-state index contributed by atoms with van der Waals surface area (Å²) in [6, 6.07) is 6.33. The number of aromatic nitrogens is 3. The number of anilines is 2. The van der Waals surface area contributed by atoms with Crippen molar-refractivity contribution in [1.29, 1.82) is 0 Å². The normalized spacial score (nSPS) is 18.7. The Balaban J connectivity index is 1.81. The number of thioether (sulfide) groups is 1. The van der Waals surface area contributed by atoms with Gasteiger partial charge in [0, 0.05) is 13.6 Å². The smallest absolute Gasteiger partial charge is 0.240 e. The number of carbonyl (C=O) groups excluding carboxylic acids is 1. The number of nitrogens with two attached hydrogens (primary N) is 1. The fraction of sp³-hybridized carbons (Fsp3) is 0.357. The van der Waals surface area contributed by atoms with E-state index in [4.69, 9.17) is 5.73 Å². The molecule has 1 fully saturated rings. The summed E-state index contributed by atoms with van der Waals surface area (Å²) in [5.74, 6) is -0.191. The predicted octanol–water partition coefficient (Wildman–Crippen LogP) is 1.82. The summed E-state index contributed by atoms with van der Waals surface area (Å²) >= 11 is 1.32. The molecule has 1 aromatic heterocycles. The summed E-state index contributed by atoms with van der Waals surface area (Å²) in [6.07, 6.45) is 1.53. The van der Waals surface area contributed by atoms with Crippen molar-refractivity contribution in [3.8, 4) is 0 Å². The summed E-state index contributed by atoms with van der Waals surface area (Å²) in [5, 5.41) is 8.03. The SMILES string of the molecule is Cn1c(N)nnc1SC1CCCN(c2ccccc2F)C1=O. The minimum atomic E-state index is -0.385. The molecule has 2 aromatic rings. The van der Waals surface area contributed by atoms with Crippen LogP contribution in [0, 0.1) is 5.82 Å². The summed E-state index contributed by atoms with van der Waals surface area (Å²) in [7, 11) is 1.75. The summed E-state index contributed by atoms with van der Waals surface area (Å²) in [5.41, 5.74) is 5.98. The average Bonchev–Trinajstić information content (AvgIpc) is 2.82. The summed E-state index contributed by atoms with van der Waals surface area (Å²) in [6.45, 7) is 0.526. The van der Waals surface area contributed by atoms with E-state index in [1.165, 1.54) is 22.7 Å². The van der Waals surface area contributed by atoms with Gasteiger partial charge in [0.25, 0.3) is 0 Å². The van der Waals surface area contributed by atoms with Crippen molar-refractivity contribution in [2.75, 3.05) is 17.2 Å². The van der Waals surface area contributed by atoms with Gasteiger partial charge < -0.3 is 10.6 Å². The number of rotatable bonds is 3. The Labute approximate surface area is 131 Å². The highest BCUT2D eigenvalue weighted by Gasteiger charge is 2.32. The van der Waals surface area contributed by atoms with Crippen molar-refractivity contribution in [2.45, 2.75) is 23.2 Å². The van der Waals surface area contributed by atoms with E-state index in [-0.39, 0.29) is 17.0 Å². The van der Waals surface area contributed by atoms with E-state index in [1.807, 2.05) is 0 Å². The molecular weight excluding hydrogens is 305 g/mol. The molecule has 1 aromatic carbocycles. The van der Waals surface area contributed by atoms with E-state index >= 15 is 0 Å². The topological polar surface area (TPSA) is 77.0 Å². The van der Waals surface area contributed by atoms with Crippen LogP contribution in [-0.4, -0.2) is 32.5 Å². The van der Waals surface area contributed by atoms with Gasteiger partial charge in [-0.15, -0.1) is 10.2 Å². The standard InChI is InChI=1S/C14H16FN5OS/c1-19-13(16)17-18-14(19)22-11-7-4-8-20(12(11)21)10-6-3-2-5-9(10)15/h2-3,5-6,11H,4,7-8H2,1H3,(H2,16,17). The van der Waals surface area contributed by atoms with Gasteiger partial charge >= 0.3 is 0 Å². The second-order valence-corrected chi connectivity index (χ2v) is 6.26. The van der Waals surface area contributed by atoms with E-state index in [0.29, 0.717) is 23.3 Å². The maximum absolute atomic E-state index is 13.9. The Hall–Kier alpha value is -2.09. The van der Waals surface area contributed by atoms with Gasteiger partial charge in [-0.05, 0) is 25.0 Å². The van der Waals surface area contributed by atoms with Crippen LogP contribution in [0.3, 0.4) is 0 Å². The lowest BCUT2D eigenvalue weighted by atomic mass is 10.1. The van der Waals surface area contributed by atoms with Crippen LogP contribution in [0.15, 0.2) is 29.4 Å². The van der Waals surface area contributed by atoms with Crippen LogP contribution in [0.5, 0.6) is 0 Å². The number of piperidine rings is 1. The van der Waals surface area contributed by atoms with Crippen molar-refractivity contribution in [1.82, 2.24) is 14.8 Å².